The molecule has 0 aliphatic rings. The normalized spacial score (nSPS) is 11.4. The van der Waals surface area contributed by atoms with Crippen LogP contribution >= 0.6 is 12.4 Å². The van der Waals surface area contributed by atoms with Crippen LogP contribution in [0.15, 0.2) is 24.7 Å². The third-order valence-electron chi connectivity index (χ3n) is 2.68. The van der Waals surface area contributed by atoms with Gasteiger partial charge in [0, 0.05) is 37.6 Å². The summed E-state index contributed by atoms with van der Waals surface area (Å²) in [5.74, 6) is 0. The summed E-state index contributed by atoms with van der Waals surface area (Å²) in [5.41, 5.74) is 1.61. The molecule has 118 valence electrons. The highest BCUT2D eigenvalue weighted by molar-refractivity contribution is 5.85. The van der Waals surface area contributed by atoms with Crippen LogP contribution in [0.4, 0.5) is 13.2 Å². The van der Waals surface area contributed by atoms with E-state index in [1.165, 1.54) is 6.20 Å². The summed E-state index contributed by atoms with van der Waals surface area (Å²) >= 11 is 0. The summed E-state index contributed by atoms with van der Waals surface area (Å²) in [6.45, 7) is 2.77. The Morgan fingerprint density at radius 1 is 1.24 bits per heavy atom. The molecule has 0 fully saturated rings. The highest BCUT2D eigenvalue weighted by Gasteiger charge is 2.28. The molecule has 2 heterocycles. The molecule has 9 heteroatoms. The highest BCUT2D eigenvalue weighted by Crippen LogP contribution is 2.16. The fraction of sp³-hybridized carbons (Fsp3) is 0.500. The number of nitrogens with zero attached hydrogens (tertiary/aromatic N) is 4. The molecule has 0 spiro atoms. The van der Waals surface area contributed by atoms with Gasteiger partial charge in [0.2, 0.25) is 0 Å². The first-order chi connectivity index (χ1) is 9.46. The third kappa shape index (κ3) is 5.76. The van der Waals surface area contributed by atoms with Crippen LogP contribution in [-0.4, -0.2) is 25.7 Å². The molecule has 0 saturated carbocycles. The molecule has 0 saturated heterocycles. The monoisotopic (exact) mass is 323 g/mol. The smallest absolute Gasteiger partial charge is 0.307 e. The van der Waals surface area contributed by atoms with Gasteiger partial charge >= 0.3 is 6.18 Å². The molecule has 0 unspecified atom stereocenters. The number of rotatable bonds is 6. The van der Waals surface area contributed by atoms with Crippen molar-refractivity contribution in [2.75, 3.05) is 0 Å². The van der Waals surface area contributed by atoms with Gasteiger partial charge < -0.3 is 5.32 Å². The number of aromatic nitrogens is 4. The van der Waals surface area contributed by atoms with Crippen molar-refractivity contribution in [2.45, 2.75) is 39.3 Å². The second-order valence-corrected chi connectivity index (χ2v) is 4.43. The Morgan fingerprint density at radius 3 is 2.62 bits per heavy atom. The number of halogens is 4. The minimum Gasteiger partial charge on any atom is -0.307 e. The largest absolute Gasteiger partial charge is 0.408 e. The maximum Gasteiger partial charge on any atom is 0.408 e. The molecule has 0 aliphatic carbocycles. The van der Waals surface area contributed by atoms with E-state index in [1.807, 2.05) is 17.8 Å². The zero-order valence-corrected chi connectivity index (χ0v) is 12.3. The lowest BCUT2D eigenvalue weighted by atomic mass is 10.3. The summed E-state index contributed by atoms with van der Waals surface area (Å²) in [4.78, 5) is 0. The predicted octanol–water partition coefficient (Wildman–Crippen LogP) is 2.37. The minimum atomic E-state index is -4.24. The quantitative estimate of drug-likeness (QED) is 0.888. The van der Waals surface area contributed by atoms with Crippen LogP contribution in [0.5, 0.6) is 0 Å². The molecule has 2 rings (SSSR count). The van der Waals surface area contributed by atoms with E-state index in [2.05, 4.69) is 15.5 Å². The summed E-state index contributed by atoms with van der Waals surface area (Å²) in [7, 11) is 0. The van der Waals surface area contributed by atoms with E-state index >= 15 is 0 Å². The lowest BCUT2D eigenvalue weighted by molar-refractivity contribution is -0.142. The number of hydrogen-bond donors (Lipinski definition) is 1. The SMILES string of the molecule is CCn1cc(CNCc2ccn(CC(F)(F)F)n2)cn1.Cl. The van der Waals surface area contributed by atoms with Gasteiger partial charge in [-0.2, -0.15) is 23.4 Å². The molecule has 0 aromatic carbocycles. The lowest BCUT2D eigenvalue weighted by Gasteiger charge is -2.05. The van der Waals surface area contributed by atoms with E-state index < -0.39 is 12.7 Å². The van der Waals surface area contributed by atoms with Crippen molar-refractivity contribution in [3.05, 3.63) is 35.9 Å². The van der Waals surface area contributed by atoms with E-state index in [-0.39, 0.29) is 12.4 Å². The molecule has 1 N–H and O–H groups in total. The van der Waals surface area contributed by atoms with Gasteiger partial charge in [0.15, 0.2) is 0 Å². The Balaban J connectivity index is 0.00000220. The third-order valence-corrected chi connectivity index (χ3v) is 2.68. The van der Waals surface area contributed by atoms with Gasteiger partial charge in [-0.1, -0.05) is 0 Å². The zero-order valence-electron chi connectivity index (χ0n) is 11.5. The zero-order chi connectivity index (χ0) is 14.6. The van der Waals surface area contributed by atoms with E-state index in [0.717, 1.165) is 16.8 Å². The molecule has 0 aliphatic heterocycles. The van der Waals surface area contributed by atoms with Crippen LogP contribution < -0.4 is 5.32 Å². The Hall–Kier alpha value is -1.54. The highest BCUT2D eigenvalue weighted by atomic mass is 35.5. The summed E-state index contributed by atoms with van der Waals surface area (Å²) in [6.07, 6.45) is 0.777. The van der Waals surface area contributed by atoms with Crippen molar-refractivity contribution < 1.29 is 13.2 Å². The van der Waals surface area contributed by atoms with Crippen molar-refractivity contribution in [1.29, 1.82) is 0 Å². The van der Waals surface area contributed by atoms with Crippen LogP contribution in [0.1, 0.15) is 18.2 Å². The first-order valence-corrected chi connectivity index (χ1v) is 6.27. The molecule has 2 aromatic heterocycles. The Bertz CT molecular complexity index is 549. The van der Waals surface area contributed by atoms with Gasteiger partial charge in [-0.3, -0.25) is 9.36 Å². The van der Waals surface area contributed by atoms with Crippen LogP contribution in [0.2, 0.25) is 0 Å². The number of alkyl halides is 3. The topological polar surface area (TPSA) is 47.7 Å². The van der Waals surface area contributed by atoms with Crippen LogP contribution in [-0.2, 0) is 26.2 Å². The number of hydrogen-bond acceptors (Lipinski definition) is 3. The van der Waals surface area contributed by atoms with Crippen molar-refractivity contribution in [2.24, 2.45) is 0 Å². The predicted molar refractivity (Wildman–Crippen MR) is 74.0 cm³/mol. The molecule has 0 amide bonds. The van der Waals surface area contributed by atoms with Crippen molar-refractivity contribution in [1.82, 2.24) is 24.9 Å². The van der Waals surface area contributed by atoms with Gasteiger partial charge in [0.1, 0.15) is 6.54 Å². The maximum absolute atomic E-state index is 12.2. The van der Waals surface area contributed by atoms with Crippen molar-refractivity contribution >= 4 is 12.4 Å². The van der Waals surface area contributed by atoms with Gasteiger partial charge in [-0.25, -0.2) is 0 Å². The average molecular weight is 324 g/mol. The van der Waals surface area contributed by atoms with Gasteiger partial charge in [-0.15, -0.1) is 12.4 Å². The molecule has 0 bridgehead atoms. The Kier molecular flexibility index (Phi) is 6.22. The molecular weight excluding hydrogens is 307 g/mol. The molecule has 2 aromatic rings. The van der Waals surface area contributed by atoms with E-state index in [9.17, 15) is 13.2 Å². The average Bonchev–Trinajstić information content (AvgIpc) is 2.97. The molecule has 5 nitrogen and oxygen atoms in total. The Labute approximate surface area is 126 Å². The van der Waals surface area contributed by atoms with Crippen LogP contribution in [0, 0.1) is 0 Å². The van der Waals surface area contributed by atoms with Crippen molar-refractivity contribution in [3.8, 4) is 0 Å². The Morgan fingerprint density at radius 2 is 2.00 bits per heavy atom. The van der Waals surface area contributed by atoms with E-state index in [4.69, 9.17) is 0 Å². The molecule has 0 radical (unpaired) electrons. The fourth-order valence-electron chi connectivity index (χ4n) is 1.78. The molecule has 21 heavy (non-hydrogen) atoms. The molecule has 0 atom stereocenters. The summed E-state index contributed by atoms with van der Waals surface area (Å²) in [6, 6.07) is 1.58. The number of aryl methyl sites for hydroxylation is 1. The lowest BCUT2D eigenvalue weighted by Crippen LogP contribution is -2.19. The van der Waals surface area contributed by atoms with Crippen LogP contribution in [0.25, 0.3) is 0 Å². The standard InChI is InChI=1S/C12H16F3N5.ClH/c1-2-19-8-10(6-17-19)5-16-7-11-3-4-20(18-11)9-12(13,14)15;/h3-4,6,8,16H,2,5,7,9H2,1H3;1H. The first kappa shape index (κ1) is 17.5. The first-order valence-electron chi connectivity index (χ1n) is 6.27. The van der Waals surface area contributed by atoms with Gasteiger partial charge in [0.25, 0.3) is 0 Å². The summed E-state index contributed by atoms with van der Waals surface area (Å²) in [5, 5.41) is 11.1. The van der Waals surface area contributed by atoms with Crippen molar-refractivity contribution in [3.63, 3.8) is 0 Å². The van der Waals surface area contributed by atoms with E-state index in [0.29, 0.717) is 18.8 Å². The second kappa shape index (κ2) is 7.46. The maximum atomic E-state index is 12.2. The number of nitrogens with one attached hydrogen (secondary N) is 1. The fourth-order valence-corrected chi connectivity index (χ4v) is 1.78. The van der Waals surface area contributed by atoms with Crippen LogP contribution in [0.3, 0.4) is 0 Å². The van der Waals surface area contributed by atoms with Gasteiger partial charge in [-0.05, 0) is 13.0 Å². The van der Waals surface area contributed by atoms with Gasteiger partial charge in [0.05, 0.1) is 11.9 Å². The van der Waals surface area contributed by atoms with E-state index in [1.54, 1.807) is 12.3 Å². The summed E-state index contributed by atoms with van der Waals surface area (Å²) < 4.78 is 39.2. The second-order valence-electron chi connectivity index (χ2n) is 4.43. The molecular formula is C12H17ClF3N5. The minimum absolute atomic E-state index is 0.